The Labute approximate surface area is 98.0 Å². The molecule has 1 fully saturated rings. The maximum atomic E-state index is 5.47. The Bertz CT molecular complexity index is 306. The van der Waals surface area contributed by atoms with Crippen LogP contribution in [-0.4, -0.2) is 26.3 Å². The van der Waals surface area contributed by atoms with Gasteiger partial charge in [0.2, 0.25) is 0 Å². The first kappa shape index (κ1) is 11.6. The molecule has 1 aromatic carbocycles. The van der Waals surface area contributed by atoms with E-state index in [9.17, 15) is 0 Å². The summed E-state index contributed by atoms with van der Waals surface area (Å²) in [5.41, 5.74) is 1.89. The van der Waals surface area contributed by atoms with E-state index in [1.807, 2.05) is 0 Å². The van der Waals surface area contributed by atoms with Crippen LogP contribution in [0.4, 0.5) is 0 Å². The molecule has 2 rings (SSSR count). The summed E-state index contributed by atoms with van der Waals surface area (Å²) in [6, 6.07) is 10.8. The maximum Gasteiger partial charge on any atom is 0.0472 e. The van der Waals surface area contributed by atoms with E-state index in [0.29, 0.717) is 5.41 Å². The third-order valence-corrected chi connectivity index (χ3v) is 3.40. The van der Waals surface area contributed by atoms with Crippen molar-refractivity contribution in [1.82, 2.24) is 5.32 Å². The molecule has 0 aliphatic carbocycles. The number of rotatable bonds is 6. The van der Waals surface area contributed by atoms with Gasteiger partial charge in [-0.25, -0.2) is 0 Å². The molecule has 1 aromatic rings. The van der Waals surface area contributed by atoms with Crippen LogP contribution < -0.4 is 5.32 Å². The Kier molecular flexibility index (Phi) is 3.97. The SMILES string of the molecule is CCOCCC1(Cc2ccccc2)CNC1. The number of hydrogen-bond acceptors (Lipinski definition) is 2. The molecular formula is C14H21NO. The van der Waals surface area contributed by atoms with Gasteiger partial charge in [-0.3, -0.25) is 0 Å². The van der Waals surface area contributed by atoms with Crippen LogP contribution >= 0.6 is 0 Å². The summed E-state index contributed by atoms with van der Waals surface area (Å²) >= 11 is 0. The molecule has 0 radical (unpaired) electrons. The van der Waals surface area contributed by atoms with Gasteiger partial charge in [-0.1, -0.05) is 30.3 Å². The Hall–Kier alpha value is -0.860. The second-order valence-corrected chi connectivity index (χ2v) is 4.71. The number of hydrogen-bond donors (Lipinski definition) is 1. The van der Waals surface area contributed by atoms with E-state index in [0.717, 1.165) is 26.3 Å². The zero-order chi connectivity index (χ0) is 11.3. The van der Waals surface area contributed by atoms with Crippen molar-refractivity contribution in [3.05, 3.63) is 35.9 Å². The minimum atomic E-state index is 0.441. The molecule has 0 amide bonds. The quantitative estimate of drug-likeness (QED) is 0.741. The summed E-state index contributed by atoms with van der Waals surface area (Å²) in [5, 5.41) is 3.39. The third kappa shape index (κ3) is 2.83. The highest BCUT2D eigenvalue weighted by molar-refractivity contribution is 5.18. The van der Waals surface area contributed by atoms with E-state index in [4.69, 9.17) is 4.74 Å². The smallest absolute Gasteiger partial charge is 0.0472 e. The molecule has 1 aliphatic heterocycles. The van der Waals surface area contributed by atoms with Crippen molar-refractivity contribution in [1.29, 1.82) is 0 Å². The van der Waals surface area contributed by atoms with E-state index in [-0.39, 0.29) is 0 Å². The summed E-state index contributed by atoms with van der Waals surface area (Å²) in [6.45, 7) is 6.05. The van der Waals surface area contributed by atoms with Gasteiger partial charge in [-0.2, -0.15) is 0 Å². The first-order valence-electron chi connectivity index (χ1n) is 6.17. The van der Waals surface area contributed by atoms with Gasteiger partial charge in [0.15, 0.2) is 0 Å². The van der Waals surface area contributed by atoms with E-state index >= 15 is 0 Å². The van der Waals surface area contributed by atoms with Gasteiger partial charge in [-0.15, -0.1) is 0 Å². The molecule has 0 saturated carbocycles. The van der Waals surface area contributed by atoms with Gasteiger partial charge >= 0.3 is 0 Å². The van der Waals surface area contributed by atoms with Crippen LogP contribution in [0.25, 0.3) is 0 Å². The van der Waals surface area contributed by atoms with Crippen LogP contribution in [0.5, 0.6) is 0 Å². The van der Waals surface area contributed by atoms with Crippen molar-refractivity contribution in [2.45, 2.75) is 19.8 Å². The molecule has 1 N–H and O–H groups in total. The highest BCUT2D eigenvalue weighted by Gasteiger charge is 2.36. The minimum absolute atomic E-state index is 0.441. The fourth-order valence-corrected chi connectivity index (χ4v) is 2.33. The van der Waals surface area contributed by atoms with Gasteiger partial charge < -0.3 is 10.1 Å². The van der Waals surface area contributed by atoms with Crippen LogP contribution in [0.2, 0.25) is 0 Å². The van der Waals surface area contributed by atoms with Crippen LogP contribution in [0.3, 0.4) is 0 Å². The number of ether oxygens (including phenoxy) is 1. The lowest BCUT2D eigenvalue weighted by atomic mass is 9.74. The lowest BCUT2D eigenvalue weighted by molar-refractivity contribution is 0.0712. The summed E-state index contributed by atoms with van der Waals surface area (Å²) < 4.78 is 5.47. The van der Waals surface area contributed by atoms with Crippen molar-refractivity contribution >= 4 is 0 Å². The average Bonchev–Trinajstić information content (AvgIpc) is 2.27. The van der Waals surface area contributed by atoms with E-state index in [2.05, 4.69) is 42.6 Å². The highest BCUT2D eigenvalue weighted by Crippen LogP contribution is 2.31. The first-order valence-corrected chi connectivity index (χ1v) is 6.17. The second-order valence-electron chi connectivity index (χ2n) is 4.71. The second kappa shape index (κ2) is 5.46. The summed E-state index contributed by atoms with van der Waals surface area (Å²) in [4.78, 5) is 0. The molecule has 2 nitrogen and oxygen atoms in total. The van der Waals surface area contributed by atoms with Crippen LogP contribution in [-0.2, 0) is 11.2 Å². The molecule has 0 bridgehead atoms. The van der Waals surface area contributed by atoms with Crippen molar-refractivity contribution in [3.63, 3.8) is 0 Å². The molecule has 0 aromatic heterocycles. The Morgan fingerprint density at radius 3 is 2.56 bits per heavy atom. The number of benzene rings is 1. The lowest BCUT2D eigenvalue weighted by Gasteiger charge is -2.43. The molecule has 16 heavy (non-hydrogen) atoms. The fourth-order valence-electron chi connectivity index (χ4n) is 2.33. The summed E-state index contributed by atoms with van der Waals surface area (Å²) in [6.07, 6.45) is 2.34. The average molecular weight is 219 g/mol. The molecular weight excluding hydrogens is 198 g/mol. The molecule has 1 aliphatic rings. The molecule has 0 spiro atoms. The van der Waals surface area contributed by atoms with Crippen molar-refractivity contribution in [3.8, 4) is 0 Å². The molecule has 0 atom stereocenters. The normalized spacial score (nSPS) is 18.1. The standard InChI is InChI=1S/C14H21NO/c1-2-16-9-8-14(11-15-12-14)10-13-6-4-3-5-7-13/h3-7,15H,2,8-12H2,1H3. The first-order chi connectivity index (χ1) is 7.85. The minimum Gasteiger partial charge on any atom is -0.382 e. The zero-order valence-corrected chi connectivity index (χ0v) is 10.0. The maximum absolute atomic E-state index is 5.47. The Morgan fingerprint density at radius 1 is 1.25 bits per heavy atom. The van der Waals surface area contributed by atoms with E-state index in [1.165, 1.54) is 18.4 Å². The van der Waals surface area contributed by atoms with Gasteiger partial charge in [0, 0.05) is 31.7 Å². The van der Waals surface area contributed by atoms with Crippen LogP contribution in [0, 0.1) is 5.41 Å². The van der Waals surface area contributed by atoms with E-state index < -0.39 is 0 Å². The van der Waals surface area contributed by atoms with Crippen molar-refractivity contribution < 1.29 is 4.74 Å². The monoisotopic (exact) mass is 219 g/mol. The lowest BCUT2D eigenvalue weighted by Crippen LogP contribution is -2.55. The fraction of sp³-hybridized carbons (Fsp3) is 0.571. The van der Waals surface area contributed by atoms with Gasteiger partial charge in [0.1, 0.15) is 0 Å². The predicted octanol–water partition coefficient (Wildman–Crippen LogP) is 2.25. The number of nitrogens with one attached hydrogen (secondary N) is 1. The van der Waals surface area contributed by atoms with Gasteiger partial charge in [0.05, 0.1) is 0 Å². The predicted molar refractivity (Wildman–Crippen MR) is 66.6 cm³/mol. The highest BCUT2D eigenvalue weighted by atomic mass is 16.5. The largest absolute Gasteiger partial charge is 0.382 e. The Morgan fingerprint density at radius 2 is 2.00 bits per heavy atom. The van der Waals surface area contributed by atoms with Gasteiger partial charge in [0.25, 0.3) is 0 Å². The van der Waals surface area contributed by atoms with Gasteiger partial charge in [-0.05, 0) is 25.3 Å². The zero-order valence-electron chi connectivity index (χ0n) is 10.0. The Balaban J connectivity index is 1.89. The molecule has 0 unspecified atom stereocenters. The van der Waals surface area contributed by atoms with Crippen LogP contribution in [0.1, 0.15) is 18.9 Å². The molecule has 1 heterocycles. The molecule has 88 valence electrons. The van der Waals surface area contributed by atoms with Crippen molar-refractivity contribution in [2.24, 2.45) is 5.41 Å². The molecule has 1 saturated heterocycles. The van der Waals surface area contributed by atoms with Crippen LogP contribution in [0.15, 0.2) is 30.3 Å². The van der Waals surface area contributed by atoms with E-state index in [1.54, 1.807) is 0 Å². The molecule has 2 heteroatoms. The topological polar surface area (TPSA) is 21.3 Å². The van der Waals surface area contributed by atoms with Crippen molar-refractivity contribution in [2.75, 3.05) is 26.3 Å². The summed E-state index contributed by atoms with van der Waals surface area (Å²) in [5.74, 6) is 0. The third-order valence-electron chi connectivity index (χ3n) is 3.40. The summed E-state index contributed by atoms with van der Waals surface area (Å²) in [7, 11) is 0.